The number of nitrogens with one attached hydrogen (secondary N) is 1. The number of hydrogen-bond donors (Lipinski definition) is 1. The largest absolute Gasteiger partial charge is 0.497 e. The third-order valence-corrected chi connectivity index (χ3v) is 6.09. The van der Waals surface area contributed by atoms with E-state index in [1.165, 1.54) is 10.6 Å². The van der Waals surface area contributed by atoms with Crippen molar-refractivity contribution in [3.8, 4) is 5.75 Å². The highest BCUT2D eigenvalue weighted by Crippen LogP contribution is 2.25. The summed E-state index contributed by atoms with van der Waals surface area (Å²) in [4.78, 5) is 37.7. The van der Waals surface area contributed by atoms with Crippen LogP contribution in [0.15, 0.2) is 29.3 Å². The Labute approximate surface area is 177 Å². The lowest BCUT2D eigenvalue weighted by Crippen LogP contribution is -2.64. The second-order valence-corrected chi connectivity index (χ2v) is 7.96. The summed E-state index contributed by atoms with van der Waals surface area (Å²) in [6, 6.07) is 7.35. The maximum Gasteiger partial charge on any atom is 0.325 e. The van der Waals surface area contributed by atoms with Gasteiger partial charge in [-0.25, -0.2) is 9.79 Å². The van der Waals surface area contributed by atoms with E-state index in [-0.39, 0.29) is 11.9 Å². The molecule has 0 saturated carbocycles. The molecule has 30 heavy (non-hydrogen) atoms. The van der Waals surface area contributed by atoms with Crippen LogP contribution in [0.25, 0.3) is 0 Å². The highest BCUT2D eigenvalue weighted by atomic mass is 16.5. The smallest absolute Gasteiger partial charge is 0.325 e. The number of amidine groups is 1. The number of rotatable bonds is 6. The molecular formula is C21H30N6O3. The molecule has 3 aliphatic heterocycles. The maximum atomic E-state index is 12.5. The predicted molar refractivity (Wildman–Crippen MR) is 115 cm³/mol. The number of urea groups is 1. The lowest BCUT2D eigenvalue weighted by atomic mass is 10.1. The van der Waals surface area contributed by atoms with Crippen molar-refractivity contribution in [1.82, 2.24) is 20.0 Å². The van der Waals surface area contributed by atoms with Crippen LogP contribution < -0.4 is 15.0 Å². The Morgan fingerprint density at radius 2 is 1.83 bits per heavy atom. The fraction of sp³-hybridized carbons (Fsp3) is 0.571. The molecule has 1 N–H and O–H groups in total. The molecule has 0 aliphatic carbocycles. The molecule has 0 spiro atoms. The molecule has 0 radical (unpaired) electrons. The van der Waals surface area contributed by atoms with Gasteiger partial charge in [-0.05, 0) is 30.7 Å². The van der Waals surface area contributed by atoms with E-state index in [0.29, 0.717) is 6.54 Å². The fourth-order valence-corrected chi connectivity index (χ4v) is 4.38. The highest BCUT2D eigenvalue weighted by Gasteiger charge is 2.48. The first-order chi connectivity index (χ1) is 14.5. The molecule has 0 bridgehead atoms. The van der Waals surface area contributed by atoms with Crippen LogP contribution in [0.4, 0.5) is 10.5 Å². The lowest BCUT2D eigenvalue weighted by molar-refractivity contribution is -0.127. The number of nitrogens with zero attached hydrogens (tertiary/aromatic N) is 5. The quantitative estimate of drug-likeness (QED) is 0.742. The van der Waals surface area contributed by atoms with Crippen LogP contribution in [-0.4, -0.2) is 98.1 Å². The van der Waals surface area contributed by atoms with Crippen LogP contribution in [0.2, 0.25) is 0 Å². The maximum absolute atomic E-state index is 12.5. The second-order valence-electron chi connectivity index (χ2n) is 7.96. The van der Waals surface area contributed by atoms with Gasteiger partial charge in [-0.1, -0.05) is 6.92 Å². The summed E-state index contributed by atoms with van der Waals surface area (Å²) in [7, 11) is 3.37. The van der Waals surface area contributed by atoms with Crippen molar-refractivity contribution in [3.63, 3.8) is 0 Å². The van der Waals surface area contributed by atoms with E-state index >= 15 is 0 Å². The molecule has 2 saturated heterocycles. The molecule has 3 amide bonds. The van der Waals surface area contributed by atoms with Gasteiger partial charge in [0.2, 0.25) is 0 Å². The molecule has 9 nitrogen and oxygen atoms in total. The zero-order valence-electron chi connectivity index (χ0n) is 17.9. The zero-order chi connectivity index (χ0) is 21.3. The minimum Gasteiger partial charge on any atom is -0.497 e. The van der Waals surface area contributed by atoms with Crippen molar-refractivity contribution in [2.24, 2.45) is 4.99 Å². The summed E-state index contributed by atoms with van der Waals surface area (Å²) in [5, 5.41) is 2.45. The zero-order valence-corrected chi connectivity index (χ0v) is 17.9. The third kappa shape index (κ3) is 3.81. The van der Waals surface area contributed by atoms with Crippen LogP contribution in [0.5, 0.6) is 5.75 Å². The van der Waals surface area contributed by atoms with Crippen molar-refractivity contribution in [3.05, 3.63) is 24.3 Å². The van der Waals surface area contributed by atoms with E-state index in [1.807, 2.05) is 12.1 Å². The van der Waals surface area contributed by atoms with Crippen molar-refractivity contribution in [2.75, 3.05) is 58.3 Å². The van der Waals surface area contributed by atoms with Gasteiger partial charge in [-0.3, -0.25) is 15.0 Å². The number of carbonyl (C=O) groups excluding carboxylic acids is 2. The van der Waals surface area contributed by atoms with Gasteiger partial charge in [0.15, 0.2) is 12.2 Å². The second kappa shape index (κ2) is 8.51. The summed E-state index contributed by atoms with van der Waals surface area (Å²) < 4.78 is 5.24. The number of imide groups is 1. The monoisotopic (exact) mass is 414 g/mol. The SMILES string of the molecule is CCCN1C(CN2CCN(c3ccc(OC)cc3)CC2)=NC2C1C(=O)NC(=O)N2C. The van der Waals surface area contributed by atoms with E-state index in [2.05, 4.69) is 39.1 Å². The van der Waals surface area contributed by atoms with Crippen LogP contribution in [-0.2, 0) is 4.79 Å². The number of carbonyl (C=O) groups is 2. The van der Waals surface area contributed by atoms with E-state index in [9.17, 15) is 9.59 Å². The molecule has 0 aromatic heterocycles. The van der Waals surface area contributed by atoms with E-state index < -0.39 is 12.2 Å². The number of hydrogen-bond acceptors (Lipinski definition) is 7. The Morgan fingerprint density at radius 1 is 1.13 bits per heavy atom. The molecule has 3 heterocycles. The normalized spacial score (nSPS) is 24.6. The van der Waals surface area contributed by atoms with Gasteiger partial charge in [0.25, 0.3) is 5.91 Å². The Morgan fingerprint density at radius 3 is 2.47 bits per heavy atom. The average Bonchev–Trinajstić information content (AvgIpc) is 3.12. The topological polar surface area (TPSA) is 80.7 Å². The van der Waals surface area contributed by atoms with Gasteiger partial charge in [-0.15, -0.1) is 0 Å². The number of ether oxygens (including phenoxy) is 1. The van der Waals surface area contributed by atoms with Crippen LogP contribution in [0.1, 0.15) is 13.3 Å². The summed E-state index contributed by atoms with van der Waals surface area (Å²) in [5.41, 5.74) is 1.20. The molecule has 1 aromatic carbocycles. The molecule has 3 aliphatic rings. The number of fused-ring (bicyclic) bond motifs is 1. The molecule has 2 fully saturated rings. The Bertz CT molecular complexity index is 819. The standard InChI is InChI=1S/C21H30N6O3/c1-4-9-27-17(22-19-18(27)20(28)23-21(29)24(19)2)14-25-10-12-26(13-11-25)15-5-7-16(30-3)8-6-15/h5-8,18-19H,4,9-14H2,1-3H3,(H,23,28,29). The molecule has 162 valence electrons. The van der Waals surface area contributed by atoms with E-state index in [0.717, 1.165) is 50.7 Å². The Balaban J connectivity index is 1.41. The number of piperazine rings is 1. The first-order valence-electron chi connectivity index (χ1n) is 10.5. The van der Waals surface area contributed by atoms with E-state index in [1.54, 1.807) is 14.2 Å². The molecule has 2 atom stereocenters. The molecule has 1 aromatic rings. The lowest BCUT2D eigenvalue weighted by Gasteiger charge is -2.38. The summed E-state index contributed by atoms with van der Waals surface area (Å²) in [5.74, 6) is 1.52. The van der Waals surface area contributed by atoms with Crippen molar-refractivity contribution >= 4 is 23.5 Å². The summed E-state index contributed by atoms with van der Waals surface area (Å²) in [6.07, 6.45) is 0.478. The van der Waals surface area contributed by atoms with Gasteiger partial charge in [-0.2, -0.15) is 0 Å². The van der Waals surface area contributed by atoms with E-state index in [4.69, 9.17) is 9.73 Å². The Hall–Kier alpha value is -2.81. The first-order valence-corrected chi connectivity index (χ1v) is 10.5. The first kappa shape index (κ1) is 20.5. The van der Waals surface area contributed by atoms with Gasteiger partial charge in [0.1, 0.15) is 11.6 Å². The number of methoxy groups -OCH3 is 1. The minimum absolute atomic E-state index is 0.250. The van der Waals surface area contributed by atoms with Crippen molar-refractivity contribution < 1.29 is 14.3 Å². The van der Waals surface area contributed by atoms with Gasteiger partial charge in [0, 0.05) is 45.5 Å². The summed E-state index contributed by atoms with van der Waals surface area (Å²) >= 11 is 0. The molecule has 4 rings (SSSR count). The van der Waals surface area contributed by atoms with Crippen LogP contribution >= 0.6 is 0 Å². The Kier molecular flexibility index (Phi) is 5.80. The molecule has 9 heteroatoms. The third-order valence-electron chi connectivity index (χ3n) is 6.09. The van der Waals surface area contributed by atoms with Gasteiger partial charge < -0.3 is 19.4 Å². The van der Waals surface area contributed by atoms with Gasteiger partial charge >= 0.3 is 6.03 Å². The summed E-state index contributed by atoms with van der Waals surface area (Å²) in [6.45, 7) is 7.23. The minimum atomic E-state index is -0.437. The number of likely N-dealkylation sites (N-methyl/N-ethyl adjacent to an activating group) is 1. The highest BCUT2D eigenvalue weighted by molar-refractivity contribution is 6.04. The molecular weight excluding hydrogens is 384 g/mol. The predicted octanol–water partition coefficient (Wildman–Crippen LogP) is 0.818. The average molecular weight is 415 g/mol. The number of amides is 3. The van der Waals surface area contributed by atoms with Crippen LogP contribution in [0, 0.1) is 0 Å². The fourth-order valence-electron chi connectivity index (χ4n) is 4.38. The van der Waals surface area contributed by atoms with Crippen LogP contribution in [0.3, 0.4) is 0 Å². The molecule has 2 unspecified atom stereocenters. The van der Waals surface area contributed by atoms with Crippen molar-refractivity contribution in [2.45, 2.75) is 25.6 Å². The number of aliphatic imine (C=N–C) groups is 1. The number of benzene rings is 1. The number of anilines is 1. The van der Waals surface area contributed by atoms with Crippen molar-refractivity contribution in [1.29, 1.82) is 0 Å². The van der Waals surface area contributed by atoms with Gasteiger partial charge in [0.05, 0.1) is 13.7 Å².